The van der Waals surface area contributed by atoms with E-state index in [2.05, 4.69) is 14.1 Å². The average molecular weight is 307 g/mol. The molecule has 0 saturated carbocycles. The van der Waals surface area contributed by atoms with Crippen LogP contribution in [0.2, 0.25) is 0 Å². The monoisotopic (exact) mass is 307 g/mol. The summed E-state index contributed by atoms with van der Waals surface area (Å²) < 4.78 is 42.8. The molecule has 0 aromatic heterocycles. The molecule has 0 radical (unpaired) electrons. The molecule has 0 atom stereocenters. The Labute approximate surface area is 111 Å². The average Bonchev–Trinajstić information content (AvgIpc) is 2.39. The number of halogens is 2. The van der Waals surface area contributed by atoms with Crippen LogP contribution in [0.1, 0.15) is 0 Å². The van der Waals surface area contributed by atoms with Gasteiger partial charge >= 0.3 is 11.2 Å². The van der Waals surface area contributed by atoms with Crippen LogP contribution < -0.4 is 5.26 Å². The van der Waals surface area contributed by atoms with Gasteiger partial charge in [0.05, 0.1) is 33.0 Å². The lowest BCUT2D eigenvalue weighted by molar-refractivity contribution is -0.777. The lowest BCUT2D eigenvalue weighted by Crippen LogP contribution is -2.29. The van der Waals surface area contributed by atoms with E-state index in [1.807, 2.05) is 0 Å². The molecule has 0 aliphatic heterocycles. The highest BCUT2D eigenvalue weighted by Crippen LogP contribution is 2.30. The predicted molar refractivity (Wildman–Crippen MR) is 54.4 cm³/mol. The summed E-state index contributed by atoms with van der Waals surface area (Å²) in [4.78, 5) is 10.8. The number of aliphatic hydroxyl groups is 1. The molecular formula is C8H13F2O8S-. The van der Waals surface area contributed by atoms with E-state index in [-0.39, 0.29) is 33.0 Å². The van der Waals surface area contributed by atoms with E-state index in [1.54, 1.807) is 0 Å². The third kappa shape index (κ3) is 9.95. The second-order valence-corrected chi connectivity index (χ2v) is 3.64. The number of ether oxygens (including phenoxy) is 3. The summed E-state index contributed by atoms with van der Waals surface area (Å²) in [5, 5.41) is 16.3. The van der Waals surface area contributed by atoms with E-state index in [1.165, 1.54) is 0 Å². The molecular weight excluding hydrogens is 294 g/mol. The largest absolute Gasteiger partial charge is 0.691 e. The lowest BCUT2D eigenvalue weighted by atomic mass is 10.6. The van der Waals surface area contributed by atoms with Gasteiger partial charge in [-0.05, 0) is 0 Å². The maximum Gasteiger partial charge on any atom is 0.415 e. The van der Waals surface area contributed by atoms with Gasteiger partial charge in [-0.2, -0.15) is 13.1 Å². The van der Waals surface area contributed by atoms with Gasteiger partial charge in [0.15, 0.2) is 0 Å². The summed E-state index contributed by atoms with van der Waals surface area (Å²) in [7, 11) is 0. The van der Waals surface area contributed by atoms with E-state index in [0.29, 0.717) is 0 Å². The van der Waals surface area contributed by atoms with Crippen LogP contribution in [0.5, 0.6) is 0 Å². The maximum absolute atomic E-state index is 12.8. The fraction of sp³-hybridized carbons (Fsp3) is 0.875. The first kappa shape index (κ1) is 18.4. The van der Waals surface area contributed by atoms with E-state index < -0.39 is 29.9 Å². The molecule has 0 saturated heterocycles. The minimum Gasteiger partial charge on any atom is -0.691 e. The van der Waals surface area contributed by atoms with Crippen LogP contribution >= 0.6 is 12.0 Å². The maximum atomic E-state index is 12.8. The normalized spacial score (nSPS) is 11.6. The number of aliphatic hydroxyl groups excluding tert-OH is 1. The molecule has 0 spiro atoms. The smallest absolute Gasteiger partial charge is 0.415 e. The summed E-state index contributed by atoms with van der Waals surface area (Å²) in [5.41, 5.74) is 0. The molecule has 0 rings (SSSR count). The molecule has 0 unspecified atom stereocenters. The Balaban J connectivity index is 3.52. The fourth-order valence-electron chi connectivity index (χ4n) is 0.754. The van der Waals surface area contributed by atoms with Crippen LogP contribution in [0.3, 0.4) is 0 Å². The van der Waals surface area contributed by atoms with E-state index in [4.69, 9.17) is 14.6 Å². The van der Waals surface area contributed by atoms with Crippen LogP contribution in [0.15, 0.2) is 0 Å². The van der Waals surface area contributed by atoms with Crippen molar-refractivity contribution in [1.29, 1.82) is 0 Å². The highest BCUT2D eigenvalue weighted by molar-refractivity contribution is 7.96. The van der Waals surface area contributed by atoms with E-state index >= 15 is 0 Å². The van der Waals surface area contributed by atoms with E-state index in [9.17, 15) is 18.8 Å². The highest BCUT2D eigenvalue weighted by Gasteiger charge is 2.43. The first-order valence-electron chi connectivity index (χ1n) is 5.00. The first-order chi connectivity index (χ1) is 9.04. The standard InChI is InChI=1S/C8H14F2O8S/c9-8(10,19-18-17-13)7(12)16-6-5-15-4-3-14-2-1-11/h11,13H,1-6H2/p-1. The van der Waals surface area contributed by atoms with Crippen molar-refractivity contribution in [3.63, 3.8) is 0 Å². The number of carbonyl (C=O) groups excluding carboxylic acids is 1. The van der Waals surface area contributed by atoms with Crippen LogP contribution in [-0.2, 0) is 28.4 Å². The molecule has 0 fully saturated rings. The molecule has 114 valence electrons. The van der Waals surface area contributed by atoms with Crippen molar-refractivity contribution < 1.29 is 47.5 Å². The van der Waals surface area contributed by atoms with Crippen molar-refractivity contribution in [2.75, 3.05) is 39.6 Å². The van der Waals surface area contributed by atoms with Gasteiger partial charge in [-0.15, -0.1) is 0 Å². The number of hydrogen-bond acceptors (Lipinski definition) is 9. The Kier molecular flexibility index (Phi) is 10.9. The second kappa shape index (κ2) is 11.3. The fourth-order valence-corrected chi connectivity index (χ4v) is 0.995. The van der Waals surface area contributed by atoms with Crippen LogP contribution in [0.4, 0.5) is 8.78 Å². The third-order valence-corrected chi connectivity index (χ3v) is 1.97. The Morgan fingerprint density at radius 1 is 1.16 bits per heavy atom. The molecule has 8 nitrogen and oxygen atoms in total. The van der Waals surface area contributed by atoms with Crippen LogP contribution in [0.25, 0.3) is 0 Å². The van der Waals surface area contributed by atoms with Crippen LogP contribution in [0, 0.1) is 0 Å². The van der Waals surface area contributed by atoms with Gasteiger partial charge in [0.1, 0.15) is 18.6 Å². The number of esters is 1. The Morgan fingerprint density at radius 2 is 1.74 bits per heavy atom. The van der Waals surface area contributed by atoms with Gasteiger partial charge in [0.2, 0.25) is 0 Å². The van der Waals surface area contributed by atoms with Gasteiger partial charge in [-0.25, -0.2) is 4.79 Å². The predicted octanol–water partition coefficient (Wildman–Crippen LogP) is -0.980. The summed E-state index contributed by atoms with van der Waals surface area (Å²) in [5.74, 6) is -1.88. The Hall–Kier alpha value is -0.560. The zero-order chi connectivity index (χ0) is 14.6. The summed E-state index contributed by atoms with van der Waals surface area (Å²) in [6.45, 7) is -0.0603. The minimum atomic E-state index is -4.05. The molecule has 1 N–H and O–H groups in total. The summed E-state index contributed by atoms with van der Waals surface area (Å²) in [6, 6.07) is 0. The number of carbonyl (C=O) groups is 1. The van der Waals surface area contributed by atoms with Gasteiger partial charge in [0, 0.05) is 0 Å². The molecule has 0 aromatic rings. The minimum absolute atomic E-state index is 0.103. The highest BCUT2D eigenvalue weighted by atomic mass is 32.2. The summed E-state index contributed by atoms with van der Waals surface area (Å²) in [6.07, 6.45) is 0. The topological polar surface area (TPSA) is 107 Å². The van der Waals surface area contributed by atoms with Crippen molar-refractivity contribution in [1.82, 2.24) is 0 Å². The quantitative estimate of drug-likeness (QED) is 0.160. The molecule has 11 heteroatoms. The molecule has 0 aliphatic carbocycles. The second-order valence-electron chi connectivity index (χ2n) is 2.82. The molecule has 0 amide bonds. The van der Waals surface area contributed by atoms with Crippen LogP contribution in [-0.4, -0.2) is 56.0 Å². The zero-order valence-electron chi connectivity index (χ0n) is 9.71. The van der Waals surface area contributed by atoms with Crippen molar-refractivity contribution >= 4 is 18.0 Å². The van der Waals surface area contributed by atoms with Gasteiger partial charge in [-0.3, -0.25) is 5.04 Å². The van der Waals surface area contributed by atoms with Gasteiger partial charge < -0.3 is 24.6 Å². The number of alkyl halides is 2. The lowest BCUT2D eigenvalue weighted by Gasteiger charge is -2.14. The summed E-state index contributed by atoms with van der Waals surface area (Å²) >= 11 is -0.763. The SMILES string of the molecule is O=C(OCCOCCOCCO)C(F)(F)SOO[O-]. The Bertz CT molecular complexity index is 243. The molecule has 0 bridgehead atoms. The first-order valence-corrected chi connectivity index (χ1v) is 5.74. The molecule has 0 aliphatic rings. The van der Waals surface area contributed by atoms with Crippen molar-refractivity contribution in [2.24, 2.45) is 0 Å². The van der Waals surface area contributed by atoms with E-state index in [0.717, 1.165) is 0 Å². The Morgan fingerprint density at radius 3 is 2.32 bits per heavy atom. The van der Waals surface area contributed by atoms with Crippen molar-refractivity contribution in [3.8, 4) is 0 Å². The molecule has 0 heterocycles. The van der Waals surface area contributed by atoms with Crippen molar-refractivity contribution in [3.05, 3.63) is 0 Å². The van der Waals surface area contributed by atoms with Gasteiger partial charge in [0.25, 0.3) is 0 Å². The van der Waals surface area contributed by atoms with Gasteiger partial charge in [-0.1, -0.05) is 0 Å². The van der Waals surface area contributed by atoms with Crippen molar-refractivity contribution in [2.45, 2.75) is 5.25 Å². The number of rotatable bonds is 12. The molecule has 0 aromatic carbocycles. The molecule has 19 heavy (non-hydrogen) atoms. The zero-order valence-corrected chi connectivity index (χ0v) is 10.5. The number of hydrogen-bond donors (Lipinski definition) is 1. The third-order valence-electron chi connectivity index (χ3n) is 1.47.